The Morgan fingerprint density at radius 1 is 0.656 bits per heavy atom. The molecule has 0 radical (unpaired) electrons. The van der Waals surface area contributed by atoms with Crippen molar-refractivity contribution < 1.29 is 27.9 Å². The zero-order valence-electron chi connectivity index (χ0n) is 18.6. The Balaban J connectivity index is 2.07. The fourth-order valence-electron chi connectivity index (χ4n) is 2.99. The molecule has 166 valence electrons. The highest BCUT2D eigenvalue weighted by molar-refractivity contribution is 7.85. The molecule has 0 saturated carbocycles. The summed E-state index contributed by atoms with van der Waals surface area (Å²) >= 11 is 0. The molecule has 0 spiro atoms. The Kier molecular flexibility index (Phi) is 7.63. The second kappa shape index (κ2) is 10.6. The van der Waals surface area contributed by atoms with Gasteiger partial charge in [-0.15, -0.1) is 0 Å². The molecule has 7 heteroatoms. The van der Waals surface area contributed by atoms with Crippen LogP contribution in [0.3, 0.4) is 0 Å². The van der Waals surface area contributed by atoms with E-state index in [1.807, 2.05) is 24.3 Å². The summed E-state index contributed by atoms with van der Waals surface area (Å²) in [6.45, 7) is 0. The monoisotopic (exact) mass is 452 g/mol. The van der Waals surface area contributed by atoms with Crippen molar-refractivity contribution in [2.24, 2.45) is 0 Å². The number of hydrogen-bond acceptors (Lipinski definition) is 6. The van der Waals surface area contributed by atoms with Crippen LogP contribution in [-0.4, -0.2) is 39.8 Å². The van der Waals surface area contributed by atoms with Crippen LogP contribution in [-0.2, 0) is 10.8 Å². The largest absolute Gasteiger partial charge is 0.497 e. The lowest BCUT2D eigenvalue weighted by Gasteiger charge is -2.14. The van der Waals surface area contributed by atoms with Crippen LogP contribution in [0, 0.1) is 11.8 Å². The number of benzene rings is 3. The first kappa shape index (κ1) is 23.0. The summed E-state index contributed by atoms with van der Waals surface area (Å²) in [6.07, 6.45) is 0. The molecule has 3 rings (SSSR count). The van der Waals surface area contributed by atoms with Gasteiger partial charge in [0, 0.05) is 23.3 Å². The molecular formula is C25H24O6S. The van der Waals surface area contributed by atoms with Crippen molar-refractivity contribution in [3.8, 4) is 40.6 Å². The van der Waals surface area contributed by atoms with Gasteiger partial charge >= 0.3 is 0 Å². The van der Waals surface area contributed by atoms with Gasteiger partial charge in [-0.1, -0.05) is 11.8 Å². The van der Waals surface area contributed by atoms with Gasteiger partial charge in [-0.25, -0.2) is 4.21 Å². The minimum absolute atomic E-state index is 0.420. The van der Waals surface area contributed by atoms with E-state index in [9.17, 15) is 4.21 Å². The summed E-state index contributed by atoms with van der Waals surface area (Å²) in [5.41, 5.74) is 1.43. The number of hydrogen-bond donors (Lipinski definition) is 0. The normalized spacial score (nSPS) is 11.0. The van der Waals surface area contributed by atoms with E-state index < -0.39 is 10.8 Å². The molecule has 0 heterocycles. The predicted octanol–water partition coefficient (Wildman–Crippen LogP) is 4.30. The highest BCUT2D eigenvalue weighted by atomic mass is 32.2. The molecule has 0 aliphatic carbocycles. The van der Waals surface area contributed by atoms with Gasteiger partial charge in [-0.2, -0.15) is 0 Å². The average Bonchev–Trinajstić information content (AvgIpc) is 2.86. The topological polar surface area (TPSA) is 63.2 Å². The average molecular weight is 453 g/mol. The van der Waals surface area contributed by atoms with Gasteiger partial charge in [0.2, 0.25) is 5.75 Å². The summed E-state index contributed by atoms with van der Waals surface area (Å²) in [5.74, 6) is 8.84. The molecule has 0 N–H and O–H groups in total. The number of rotatable bonds is 7. The van der Waals surface area contributed by atoms with E-state index in [0.29, 0.717) is 38.4 Å². The fraction of sp³-hybridized carbons (Fsp3) is 0.200. The minimum Gasteiger partial charge on any atom is -0.497 e. The summed E-state index contributed by atoms with van der Waals surface area (Å²) in [4.78, 5) is 1.000. The number of ether oxygens (including phenoxy) is 5. The lowest BCUT2D eigenvalue weighted by Crippen LogP contribution is -2.01. The molecule has 0 fully saturated rings. The van der Waals surface area contributed by atoms with Gasteiger partial charge in [0.15, 0.2) is 11.5 Å². The molecule has 1 atom stereocenters. The van der Waals surface area contributed by atoms with E-state index >= 15 is 0 Å². The van der Waals surface area contributed by atoms with Crippen molar-refractivity contribution in [3.63, 3.8) is 0 Å². The predicted molar refractivity (Wildman–Crippen MR) is 123 cm³/mol. The van der Waals surface area contributed by atoms with Crippen molar-refractivity contribution in [2.75, 3.05) is 35.5 Å². The van der Waals surface area contributed by atoms with E-state index in [0.717, 1.165) is 11.3 Å². The minimum atomic E-state index is -1.59. The van der Waals surface area contributed by atoms with Crippen LogP contribution in [0.1, 0.15) is 11.1 Å². The highest BCUT2D eigenvalue weighted by Crippen LogP contribution is 2.40. The first-order valence-electron chi connectivity index (χ1n) is 9.60. The molecule has 0 saturated heterocycles. The molecular weight excluding hydrogens is 428 g/mol. The Hall–Kier alpha value is -3.63. The molecule has 3 aromatic carbocycles. The zero-order chi connectivity index (χ0) is 23.1. The van der Waals surface area contributed by atoms with Gasteiger partial charge in [0.1, 0.15) is 11.5 Å². The quantitative estimate of drug-likeness (QED) is 0.498. The number of methoxy groups -OCH3 is 5. The molecule has 0 aliphatic rings. The molecule has 32 heavy (non-hydrogen) atoms. The standard InChI is InChI=1S/C25H24O6S/c1-27-19-11-7-17(8-12-19)6-9-18-10-13-20(28-2)14-24(18)32(26)21-15-22(29-3)25(31-5)23(16-21)30-4/h7-8,10-16H,1-5H3. The molecule has 6 nitrogen and oxygen atoms in total. The maximum atomic E-state index is 13.6. The second-order valence-corrected chi connectivity index (χ2v) is 7.92. The zero-order valence-corrected chi connectivity index (χ0v) is 19.4. The third-order valence-corrected chi connectivity index (χ3v) is 6.07. The van der Waals surface area contributed by atoms with Crippen molar-refractivity contribution >= 4 is 10.8 Å². The molecule has 1 unspecified atom stereocenters. The summed E-state index contributed by atoms with van der Waals surface area (Å²) in [6, 6.07) is 16.0. The first-order valence-corrected chi connectivity index (χ1v) is 10.8. The van der Waals surface area contributed by atoms with Crippen LogP contribution >= 0.6 is 0 Å². The first-order chi connectivity index (χ1) is 15.5. The van der Waals surface area contributed by atoms with E-state index in [2.05, 4.69) is 11.8 Å². The molecule has 3 aromatic rings. The van der Waals surface area contributed by atoms with Crippen LogP contribution in [0.5, 0.6) is 28.7 Å². The molecule has 0 aliphatic heterocycles. The van der Waals surface area contributed by atoms with Gasteiger partial charge in [-0.3, -0.25) is 0 Å². The highest BCUT2D eigenvalue weighted by Gasteiger charge is 2.19. The maximum absolute atomic E-state index is 13.6. The Morgan fingerprint density at radius 3 is 1.78 bits per heavy atom. The van der Waals surface area contributed by atoms with E-state index in [1.54, 1.807) is 44.6 Å². The fourth-order valence-corrected chi connectivity index (χ4v) is 4.22. The van der Waals surface area contributed by atoms with Gasteiger partial charge in [0.05, 0.1) is 56.1 Å². The van der Waals surface area contributed by atoms with Crippen LogP contribution < -0.4 is 23.7 Å². The van der Waals surface area contributed by atoms with Gasteiger partial charge in [-0.05, 0) is 42.5 Å². The summed E-state index contributed by atoms with van der Waals surface area (Å²) < 4.78 is 40.3. The van der Waals surface area contributed by atoms with E-state index in [-0.39, 0.29) is 0 Å². The van der Waals surface area contributed by atoms with Crippen LogP contribution in [0.4, 0.5) is 0 Å². The molecule has 0 aromatic heterocycles. The Labute approximate surface area is 190 Å². The third kappa shape index (κ3) is 4.98. The molecule has 0 amide bonds. The van der Waals surface area contributed by atoms with Crippen molar-refractivity contribution in [2.45, 2.75) is 9.79 Å². The maximum Gasteiger partial charge on any atom is 0.203 e. The van der Waals surface area contributed by atoms with Crippen LogP contribution in [0.2, 0.25) is 0 Å². The SMILES string of the molecule is COc1ccc(C#Cc2ccc(OC)cc2S(=O)c2cc(OC)c(OC)c(OC)c2)cc1. The van der Waals surface area contributed by atoms with Crippen molar-refractivity contribution in [1.29, 1.82) is 0 Å². The molecule has 0 bridgehead atoms. The lowest BCUT2D eigenvalue weighted by molar-refractivity contribution is 0.323. The third-order valence-electron chi connectivity index (χ3n) is 4.67. The second-order valence-electron chi connectivity index (χ2n) is 6.47. The van der Waals surface area contributed by atoms with Crippen LogP contribution in [0.25, 0.3) is 0 Å². The summed E-state index contributed by atoms with van der Waals surface area (Å²) in [5, 5.41) is 0. The van der Waals surface area contributed by atoms with Gasteiger partial charge < -0.3 is 23.7 Å². The summed E-state index contributed by atoms with van der Waals surface area (Å²) in [7, 11) is 6.14. The van der Waals surface area contributed by atoms with E-state index in [1.165, 1.54) is 21.3 Å². The van der Waals surface area contributed by atoms with Crippen molar-refractivity contribution in [3.05, 3.63) is 65.7 Å². The lowest BCUT2D eigenvalue weighted by atomic mass is 10.1. The van der Waals surface area contributed by atoms with Crippen LogP contribution in [0.15, 0.2) is 64.4 Å². The van der Waals surface area contributed by atoms with Crippen molar-refractivity contribution in [1.82, 2.24) is 0 Å². The van der Waals surface area contributed by atoms with E-state index in [4.69, 9.17) is 23.7 Å². The Bertz CT molecular complexity index is 1150. The Morgan fingerprint density at radius 2 is 1.25 bits per heavy atom. The van der Waals surface area contributed by atoms with Gasteiger partial charge in [0.25, 0.3) is 0 Å². The smallest absolute Gasteiger partial charge is 0.203 e.